The molecule has 0 fully saturated rings. The minimum Gasteiger partial charge on any atom is -0.378 e. The third kappa shape index (κ3) is 4.12. The number of anilines is 2. The predicted octanol–water partition coefficient (Wildman–Crippen LogP) is 5.47. The molecule has 0 aliphatic carbocycles. The molecule has 128 valence electrons. The van der Waals surface area contributed by atoms with Crippen molar-refractivity contribution in [3.63, 3.8) is 0 Å². The molecule has 25 heavy (non-hydrogen) atoms. The first-order valence-electron chi connectivity index (χ1n) is 8.35. The summed E-state index contributed by atoms with van der Waals surface area (Å²) in [5.41, 5.74) is 6.13. The number of hydrogen-bond acceptors (Lipinski definition) is 3. The quantitative estimate of drug-likeness (QED) is 0.603. The van der Waals surface area contributed by atoms with Gasteiger partial charge in [-0.1, -0.05) is 30.3 Å². The lowest BCUT2D eigenvalue weighted by atomic mass is 9.96. The van der Waals surface area contributed by atoms with E-state index in [1.54, 1.807) is 11.3 Å². The summed E-state index contributed by atoms with van der Waals surface area (Å²) in [6.45, 7) is 0. The van der Waals surface area contributed by atoms with Crippen LogP contribution < -0.4 is 9.80 Å². The first-order chi connectivity index (χ1) is 12.0. The van der Waals surface area contributed by atoms with Crippen molar-refractivity contribution < 1.29 is 0 Å². The Morgan fingerprint density at radius 2 is 1.20 bits per heavy atom. The molecule has 3 aromatic rings. The summed E-state index contributed by atoms with van der Waals surface area (Å²) in [4.78, 5) is 5.51. The van der Waals surface area contributed by atoms with E-state index in [9.17, 15) is 0 Å². The molecule has 3 rings (SSSR count). The van der Waals surface area contributed by atoms with Crippen LogP contribution in [0.2, 0.25) is 0 Å². The van der Waals surface area contributed by atoms with E-state index in [1.165, 1.54) is 33.0 Å². The minimum absolute atomic E-state index is 1.21. The molecule has 1 aromatic heterocycles. The van der Waals surface area contributed by atoms with Gasteiger partial charge in [0.2, 0.25) is 0 Å². The van der Waals surface area contributed by atoms with E-state index >= 15 is 0 Å². The molecule has 0 spiro atoms. The maximum absolute atomic E-state index is 2.28. The molecule has 0 aliphatic heterocycles. The fourth-order valence-electron chi connectivity index (χ4n) is 2.73. The van der Waals surface area contributed by atoms with Crippen molar-refractivity contribution in [1.29, 1.82) is 0 Å². The van der Waals surface area contributed by atoms with Gasteiger partial charge in [-0.25, -0.2) is 0 Å². The first kappa shape index (κ1) is 17.3. The van der Waals surface area contributed by atoms with Gasteiger partial charge in [-0.05, 0) is 58.5 Å². The van der Waals surface area contributed by atoms with Gasteiger partial charge in [0.15, 0.2) is 0 Å². The zero-order chi connectivity index (χ0) is 17.8. The largest absolute Gasteiger partial charge is 0.378 e. The fraction of sp³-hybridized carbons (Fsp3) is 0.182. The number of benzene rings is 2. The summed E-state index contributed by atoms with van der Waals surface area (Å²) in [5.74, 6) is 0. The third-order valence-corrected chi connectivity index (χ3v) is 5.04. The van der Waals surface area contributed by atoms with Gasteiger partial charge in [0, 0.05) is 44.4 Å². The van der Waals surface area contributed by atoms with Gasteiger partial charge < -0.3 is 9.80 Å². The number of thiophene rings is 1. The Morgan fingerprint density at radius 1 is 0.720 bits per heavy atom. The highest BCUT2D eigenvalue weighted by Crippen LogP contribution is 2.30. The summed E-state index contributed by atoms with van der Waals surface area (Å²) >= 11 is 1.76. The summed E-state index contributed by atoms with van der Waals surface area (Å²) in [5, 5.41) is 2.12. The van der Waals surface area contributed by atoms with Crippen LogP contribution in [0.5, 0.6) is 0 Å². The third-order valence-electron chi connectivity index (χ3n) is 4.22. The Bertz CT molecular complexity index is 773. The van der Waals surface area contributed by atoms with E-state index in [4.69, 9.17) is 0 Å². The minimum atomic E-state index is 1.21. The lowest BCUT2D eigenvalue weighted by molar-refractivity contribution is 1.13. The Labute approximate surface area is 154 Å². The van der Waals surface area contributed by atoms with Crippen molar-refractivity contribution >= 4 is 34.4 Å². The van der Waals surface area contributed by atoms with Crippen molar-refractivity contribution in [1.82, 2.24) is 0 Å². The highest BCUT2D eigenvalue weighted by atomic mass is 32.1. The molecule has 0 bridgehead atoms. The maximum atomic E-state index is 2.28. The van der Waals surface area contributed by atoms with Crippen LogP contribution in [0.3, 0.4) is 0 Å². The van der Waals surface area contributed by atoms with E-state index in [1.807, 2.05) is 0 Å². The van der Waals surface area contributed by atoms with Gasteiger partial charge in [0.25, 0.3) is 0 Å². The van der Waals surface area contributed by atoms with Crippen LogP contribution in [0.15, 0.2) is 66.0 Å². The highest BCUT2D eigenvalue weighted by molar-refractivity contribution is 7.10. The summed E-state index contributed by atoms with van der Waals surface area (Å²) < 4.78 is 0. The van der Waals surface area contributed by atoms with Crippen LogP contribution in [-0.2, 0) is 0 Å². The molecular weight excluding hydrogens is 324 g/mol. The highest BCUT2D eigenvalue weighted by Gasteiger charge is 2.08. The van der Waals surface area contributed by atoms with Gasteiger partial charge >= 0.3 is 0 Å². The molecule has 0 aliphatic rings. The normalized spacial score (nSPS) is 10.4. The van der Waals surface area contributed by atoms with E-state index in [0.29, 0.717) is 0 Å². The Morgan fingerprint density at radius 3 is 1.56 bits per heavy atom. The van der Waals surface area contributed by atoms with Gasteiger partial charge in [-0.2, -0.15) is 0 Å². The number of hydrogen-bond donors (Lipinski definition) is 0. The van der Waals surface area contributed by atoms with Gasteiger partial charge in [-0.3, -0.25) is 0 Å². The molecule has 0 radical (unpaired) electrons. The molecule has 0 unspecified atom stereocenters. The van der Waals surface area contributed by atoms with Crippen LogP contribution in [-0.4, -0.2) is 28.2 Å². The van der Waals surface area contributed by atoms with Crippen LogP contribution in [0.1, 0.15) is 16.0 Å². The molecule has 0 N–H and O–H groups in total. The van der Waals surface area contributed by atoms with Crippen LogP contribution >= 0.6 is 11.3 Å². The zero-order valence-electron chi connectivity index (χ0n) is 15.2. The molecule has 0 atom stereocenters. The summed E-state index contributed by atoms with van der Waals surface area (Å²) in [7, 11) is 8.27. The topological polar surface area (TPSA) is 6.48 Å². The smallest absolute Gasteiger partial charge is 0.0361 e. The fourth-order valence-corrected chi connectivity index (χ4v) is 3.38. The molecule has 1 heterocycles. The predicted molar refractivity (Wildman–Crippen MR) is 113 cm³/mol. The van der Waals surface area contributed by atoms with Crippen LogP contribution in [0.4, 0.5) is 11.4 Å². The van der Waals surface area contributed by atoms with Gasteiger partial charge in [-0.15, -0.1) is 11.3 Å². The molecule has 0 saturated heterocycles. The molecular formula is C22H24N2S. The molecule has 0 saturated carbocycles. The van der Waals surface area contributed by atoms with Crippen LogP contribution in [0, 0.1) is 0 Å². The van der Waals surface area contributed by atoms with Gasteiger partial charge in [0.1, 0.15) is 0 Å². The lowest BCUT2D eigenvalue weighted by Crippen LogP contribution is -2.08. The summed E-state index contributed by atoms with van der Waals surface area (Å²) in [6.07, 6.45) is 2.28. The van der Waals surface area contributed by atoms with Crippen molar-refractivity contribution in [2.75, 3.05) is 38.0 Å². The van der Waals surface area contributed by atoms with Crippen LogP contribution in [0.25, 0.3) is 11.6 Å². The second kappa shape index (κ2) is 7.58. The average molecular weight is 349 g/mol. The standard InChI is InChI=1S/C22H24N2S/c1-23(2)19-11-7-17(8-12-19)22(16-21-6-5-15-25-21)18-9-13-20(14-10-18)24(3)4/h5-16H,1-4H3. The van der Waals surface area contributed by atoms with E-state index in [2.05, 4.69) is 110 Å². The van der Waals surface area contributed by atoms with E-state index in [-0.39, 0.29) is 0 Å². The summed E-state index contributed by atoms with van der Waals surface area (Å²) in [6, 6.07) is 21.8. The number of nitrogens with zero attached hydrogens (tertiary/aromatic N) is 2. The van der Waals surface area contributed by atoms with Gasteiger partial charge in [0.05, 0.1) is 0 Å². The molecule has 2 aromatic carbocycles. The van der Waals surface area contributed by atoms with E-state index < -0.39 is 0 Å². The second-order valence-electron chi connectivity index (χ2n) is 6.46. The molecule has 2 nitrogen and oxygen atoms in total. The monoisotopic (exact) mass is 348 g/mol. The molecule has 0 amide bonds. The Kier molecular flexibility index (Phi) is 5.25. The average Bonchev–Trinajstić information content (AvgIpc) is 3.13. The Hall–Kier alpha value is -2.52. The molecule has 3 heteroatoms. The first-order valence-corrected chi connectivity index (χ1v) is 9.23. The maximum Gasteiger partial charge on any atom is 0.0361 e. The Balaban J connectivity index is 2.04. The SMILES string of the molecule is CN(C)c1ccc(C(=Cc2cccs2)c2ccc(N(C)C)cc2)cc1. The van der Waals surface area contributed by atoms with Crippen molar-refractivity contribution in [2.45, 2.75) is 0 Å². The van der Waals surface area contributed by atoms with Crippen molar-refractivity contribution in [2.24, 2.45) is 0 Å². The zero-order valence-corrected chi connectivity index (χ0v) is 16.0. The second-order valence-corrected chi connectivity index (χ2v) is 7.44. The van der Waals surface area contributed by atoms with Crippen molar-refractivity contribution in [3.8, 4) is 0 Å². The lowest BCUT2D eigenvalue weighted by Gasteiger charge is -2.16. The van der Waals surface area contributed by atoms with E-state index in [0.717, 1.165) is 0 Å². The van der Waals surface area contributed by atoms with Crippen molar-refractivity contribution in [3.05, 3.63) is 82.0 Å². The number of rotatable bonds is 5.